The Labute approximate surface area is 179 Å². The molecule has 5 nitrogen and oxygen atoms in total. The van der Waals surface area contributed by atoms with Gasteiger partial charge in [-0.05, 0) is 61.4 Å². The van der Waals surface area contributed by atoms with Gasteiger partial charge in [0, 0.05) is 43.0 Å². The normalized spacial score (nSPS) is 14.9. The largest absolute Gasteiger partial charge is 0.456 e. The average Bonchev–Trinajstić information content (AvgIpc) is 2.79. The molecule has 1 aliphatic heterocycles. The van der Waals surface area contributed by atoms with Gasteiger partial charge in [-0.25, -0.2) is 8.78 Å². The molecular weight excluding hydrogens is 400 g/mol. The number of nitrogens with one attached hydrogen (secondary N) is 1. The summed E-state index contributed by atoms with van der Waals surface area (Å²) >= 11 is 0. The summed E-state index contributed by atoms with van der Waals surface area (Å²) in [6.07, 6.45) is 4.74. The summed E-state index contributed by atoms with van der Waals surface area (Å²) in [5, 5.41) is 3.05. The van der Waals surface area contributed by atoms with E-state index in [0.717, 1.165) is 12.8 Å². The maximum Gasteiger partial charge on any atom is 0.251 e. The Balaban J connectivity index is 1.27. The molecule has 7 heteroatoms. The topological polar surface area (TPSA) is 54.5 Å². The molecular formula is C24H23F2N3O2. The van der Waals surface area contributed by atoms with E-state index < -0.39 is 11.6 Å². The number of piperidine rings is 1. The van der Waals surface area contributed by atoms with Gasteiger partial charge in [0.05, 0.1) is 6.20 Å². The number of halogens is 2. The molecule has 0 radical (unpaired) electrons. The van der Waals surface area contributed by atoms with Crippen molar-refractivity contribution in [2.45, 2.75) is 25.4 Å². The second-order valence-electron chi connectivity index (χ2n) is 7.54. The highest BCUT2D eigenvalue weighted by atomic mass is 19.1. The van der Waals surface area contributed by atoms with E-state index in [9.17, 15) is 13.6 Å². The Morgan fingerprint density at radius 2 is 1.71 bits per heavy atom. The maximum absolute atomic E-state index is 13.9. The summed E-state index contributed by atoms with van der Waals surface area (Å²) in [6, 6.07) is 14.5. The van der Waals surface area contributed by atoms with Crippen LogP contribution in [0.15, 0.2) is 67.0 Å². The van der Waals surface area contributed by atoms with E-state index in [1.165, 1.54) is 18.2 Å². The number of hydrogen-bond donors (Lipinski definition) is 1. The van der Waals surface area contributed by atoms with Crippen molar-refractivity contribution in [2.75, 3.05) is 13.1 Å². The van der Waals surface area contributed by atoms with Crippen LogP contribution in [0.2, 0.25) is 0 Å². The highest BCUT2D eigenvalue weighted by Gasteiger charge is 2.23. The molecule has 0 atom stereocenters. The number of carbonyl (C=O) groups is 1. The number of hydrogen-bond acceptors (Lipinski definition) is 4. The molecule has 4 rings (SSSR count). The Morgan fingerprint density at radius 1 is 1.00 bits per heavy atom. The zero-order chi connectivity index (χ0) is 21.6. The molecule has 0 saturated carbocycles. The van der Waals surface area contributed by atoms with Gasteiger partial charge in [-0.2, -0.15) is 0 Å². The van der Waals surface area contributed by atoms with Crippen LogP contribution in [0, 0.1) is 11.6 Å². The van der Waals surface area contributed by atoms with Gasteiger partial charge in [0.25, 0.3) is 5.91 Å². The number of nitrogens with zero attached hydrogens (tertiary/aromatic N) is 2. The summed E-state index contributed by atoms with van der Waals surface area (Å²) in [4.78, 5) is 18.6. The predicted molar refractivity (Wildman–Crippen MR) is 113 cm³/mol. The van der Waals surface area contributed by atoms with Crippen LogP contribution in [-0.4, -0.2) is 34.9 Å². The third kappa shape index (κ3) is 5.44. The van der Waals surface area contributed by atoms with Gasteiger partial charge in [-0.1, -0.05) is 6.07 Å². The van der Waals surface area contributed by atoms with Gasteiger partial charge < -0.3 is 10.1 Å². The van der Waals surface area contributed by atoms with Gasteiger partial charge in [-0.3, -0.25) is 14.7 Å². The Hall–Kier alpha value is -3.32. The molecule has 1 aromatic heterocycles. The van der Waals surface area contributed by atoms with Gasteiger partial charge in [0.15, 0.2) is 0 Å². The monoisotopic (exact) mass is 423 g/mol. The Kier molecular flexibility index (Phi) is 6.52. The number of pyridine rings is 1. The number of aromatic nitrogens is 1. The molecule has 0 spiro atoms. The molecule has 2 heterocycles. The third-order valence-electron chi connectivity index (χ3n) is 5.35. The second-order valence-corrected chi connectivity index (χ2v) is 7.54. The number of benzene rings is 2. The smallest absolute Gasteiger partial charge is 0.251 e. The first-order chi connectivity index (χ1) is 15.1. The minimum Gasteiger partial charge on any atom is -0.456 e. The van der Waals surface area contributed by atoms with E-state index in [-0.39, 0.29) is 24.1 Å². The maximum atomic E-state index is 13.9. The van der Waals surface area contributed by atoms with Gasteiger partial charge in [0.2, 0.25) is 0 Å². The number of carbonyl (C=O) groups excluding carboxylic acids is 1. The van der Waals surface area contributed by atoms with Crippen molar-refractivity contribution < 1.29 is 18.3 Å². The van der Waals surface area contributed by atoms with Crippen molar-refractivity contribution in [1.29, 1.82) is 0 Å². The van der Waals surface area contributed by atoms with Gasteiger partial charge in [0.1, 0.15) is 23.1 Å². The van der Waals surface area contributed by atoms with Crippen LogP contribution < -0.4 is 10.1 Å². The standard InChI is InChI=1S/C24H23F2N3O2/c25-22-4-1-5-23(26)21(22)16-29-13-10-18(11-14-29)28-24(30)17-6-8-19(9-7-17)31-20-3-2-12-27-15-20/h1-9,12,15,18H,10-11,13-14,16H2,(H,28,30). The first kappa shape index (κ1) is 20.9. The van der Waals surface area contributed by atoms with Crippen molar-refractivity contribution in [1.82, 2.24) is 15.2 Å². The van der Waals surface area contributed by atoms with Crippen LogP contribution in [0.4, 0.5) is 8.78 Å². The van der Waals surface area contributed by atoms with Crippen molar-refractivity contribution in [3.8, 4) is 11.5 Å². The molecule has 0 aliphatic carbocycles. The van der Waals surface area contributed by atoms with E-state index >= 15 is 0 Å². The van der Waals surface area contributed by atoms with Crippen LogP contribution in [0.25, 0.3) is 0 Å². The van der Waals surface area contributed by atoms with Crippen molar-refractivity contribution in [3.63, 3.8) is 0 Å². The summed E-state index contributed by atoms with van der Waals surface area (Å²) in [6.45, 7) is 1.56. The SMILES string of the molecule is O=C(NC1CCN(Cc2c(F)cccc2F)CC1)c1ccc(Oc2cccnc2)cc1. The molecule has 1 saturated heterocycles. The molecule has 0 unspecified atom stereocenters. The summed E-state index contributed by atoms with van der Waals surface area (Å²) in [5.74, 6) is 0.0595. The van der Waals surface area contributed by atoms with Crippen LogP contribution in [0.1, 0.15) is 28.8 Å². The lowest BCUT2D eigenvalue weighted by atomic mass is 10.0. The fourth-order valence-corrected chi connectivity index (χ4v) is 3.63. The summed E-state index contributed by atoms with van der Waals surface area (Å²) in [7, 11) is 0. The third-order valence-corrected chi connectivity index (χ3v) is 5.35. The van der Waals surface area contributed by atoms with E-state index in [1.807, 2.05) is 4.90 Å². The van der Waals surface area contributed by atoms with E-state index in [2.05, 4.69) is 10.3 Å². The van der Waals surface area contributed by atoms with Crippen LogP contribution in [0.5, 0.6) is 11.5 Å². The number of amides is 1. The lowest BCUT2D eigenvalue weighted by molar-refractivity contribution is 0.0908. The molecule has 160 valence electrons. The van der Waals surface area contributed by atoms with E-state index in [1.54, 1.807) is 48.8 Å². The average molecular weight is 423 g/mol. The number of rotatable bonds is 6. The highest BCUT2D eigenvalue weighted by molar-refractivity contribution is 5.94. The summed E-state index contributed by atoms with van der Waals surface area (Å²) < 4.78 is 33.4. The second kappa shape index (κ2) is 9.66. The number of likely N-dealkylation sites (tertiary alicyclic amines) is 1. The summed E-state index contributed by atoms with van der Waals surface area (Å²) in [5.41, 5.74) is 0.646. The fraction of sp³-hybridized carbons (Fsp3) is 0.250. The molecule has 0 bridgehead atoms. The minimum absolute atomic E-state index is 0.0283. The first-order valence-corrected chi connectivity index (χ1v) is 10.2. The molecule has 31 heavy (non-hydrogen) atoms. The van der Waals surface area contributed by atoms with Crippen molar-refractivity contribution in [2.24, 2.45) is 0 Å². The molecule has 1 fully saturated rings. The zero-order valence-corrected chi connectivity index (χ0v) is 16.9. The predicted octanol–water partition coefficient (Wildman–Crippen LogP) is 4.55. The van der Waals surface area contributed by atoms with Crippen LogP contribution >= 0.6 is 0 Å². The van der Waals surface area contributed by atoms with E-state index in [4.69, 9.17) is 4.74 Å². The minimum atomic E-state index is -0.522. The van der Waals surface area contributed by atoms with Gasteiger partial charge in [-0.15, -0.1) is 0 Å². The number of ether oxygens (including phenoxy) is 1. The lowest BCUT2D eigenvalue weighted by Gasteiger charge is -2.32. The van der Waals surface area contributed by atoms with Gasteiger partial charge >= 0.3 is 0 Å². The fourth-order valence-electron chi connectivity index (χ4n) is 3.63. The first-order valence-electron chi connectivity index (χ1n) is 10.2. The van der Waals surface area contributed by atoms with Crippen LogP contribution in [-0.2, 0) is 6.54 Å². The molecule has 3 aromatic rings. The van der Waals surface area contributed by atoms with Crippen LogP contribution in [0.3, 0.4) is 0 Å². The lowest BCUT2D eigenvalue weighted by Crippen LogP contribution is -2.44. The highest BCUT2D eigenvalue weighted by Crippen LogP contribution is 2.21. The Bertz CT molecular complexity index is 1000. The van der Waals surface area contributed by atoms with Crippen molar-refractivity contribution in [3.05, 3.63) is 89.8 Å². The van der Waals surface area contributed by atoms with Crippen molar-refractivity contribution >= 4 is 5.91 Å². The molecule has 1 aliphatic rings. The molecule has 1 amide bonds. The quantitative estimate of drug-likeness (QED) is 0.632. The zero-order valence-electron chi connectivity index (χ0n) is 16.9. The molecule has 1 N–H and O–H groups in total. The molecule has 2 aromatic carbocycles. The van der Waals surface area contributed by atoms with E-state index in [0.29, 0.717) is 30.2 Å². The Morgan fingerprint density at radius 3 is 2.35 bits per heavy atom.